The fourth-order valence-corrected chi connectivity index (χ4v) is 9.07. The van der Waals surface area contributed by atoms with Crippen LogP contribution in [0.1, 0.15) is 61.1 Å². The summed E-state index contributed by atoms with van der Waals surface area (Å²) in [5.41, 5.74) is 4.16. The lowest BCUT2D eigenvalue weighted by molar-refractivity contribution is -0.127. The summed E-state index contributed by atoms with van der Waals surface area (Å²) in [4.78, 5) is 51.4. The highest BCUT2D eigenvalue weighted by molar-refractivity contribution is 8.00. The van der Waals surface area contributed by atoms with E-state index in [1.54, 1.807) is 0 Å². The normalized spacial score (nSPS) is 25.6. The second-order valence-corrected chi connectivity index (χ2v) is 14.4. The van der Waals surface area contributed by atoms with Gasteiger partial charge in [-0.3, -0.25) is 19.3 Å². The van der Waals surface area contributed by atoms with Gasteiger partial charge in [0.25, 0.3) is 0 Å². The lowest BCUT2D eigenvalue weighted by Crippen LogP contribution is -2.51. The molecule has 5 amide bonds. The van der Waals surface area contributed by atoms with E-state index in [-0.39, 0.29) is 49.1 Å². The Labute approximate surface area is 280 Å². The van der Waals surface area contributed by atoms with Crippen LogP contribution in [0, 0.1) is 0 Å². The number of carbonyl (C=O) groups excluding carboxylic acids is 4. The van der Waals surface area contributed by atoms with Crippen molar-refractivity contribution in [2.24, 2.45) is 0 Å². The molecule has 3 aliphatic heterocycles. The number of piperidine rings is 1. The molecule has 2 aromatic rings. The van der Waals surface area contributed by atoms with Crippen molar-refractivity contribution in [3.05, 3.63) is 65.2 Å². The molecule has 2 aromatic carbocycles. The Morgan fingerprint density at radius 1 is 0.894 bits per heavy atom. The van der Waals surface area contributed by atoms with Gasteiger partial charge in [-0.25, -0.2) is 4.79 Å². The maximum atomic E-state index is 12.8. The Balaban J connectivity index is 0.898. The van der Waals surface area contributed by atoms with Crippen LogP contribution in [0.15, 0.2) is 48.5 Å². The number of nitrogens with one attached hydrogen (secondary N) is 5. The maximum absolute atomic E-state index is 12.8. The second-order valence-electron chi connectivity index (χ2n) is 13.2. The lowest BCUT2D eigenvalue weighted by Gasteiger charge is -2.42. The molecular formula is C35H46N6O5S. The first-order valence-corrected chi connectivity index (χ1v) is 18.0. The number of fused-ring (bicyclic) bond motifs is 2. The highest BCUT2D eigenvalue weighted by Gasteiger charge is 2.42. The number of hydrogen-bond acceptors (Lipinski definition) is 7. The van der Waals surface area contributed by atoms with Crippen LogP contribution in [0.4, 0.5) is 10.5 Å². The van der Waals surface area contributed by atoms with E-state index in [0.717, 1.165) is 55.7 Å². The van der Waals surface area contributed by atoms with Crippen LogP contribution >= 0.6 is 11.8 Å². The van der Waals surface area contributed by atoms with Crippen molar-refractivity contribution in [3.63, 3.8) is 0 Å². The molecule has 3 saturated heterocycles. The Morgan fingerprint density at radius 2 is 1.66 bits per heavy atom. The topological polar surface area (TPSA) is 152 Å². The summed E-state index contributed by atoms with van der Waals surface area (Å²) < 4.78 is 0. The third kappa shape index (κ3) is 8.46. The second kappa shape index (κ2) is 15.5. The molecule has 3 fully saturated rings. The Morgan fingerprint density at radius 3 is 2.47 bits per heavy atom. The molecule has 0 aromatic heterocycles. The summed E-state index contributed by atoms with van der Waals surface area (Å²) in [6, 6.07) is 16.6. The molecule has 0 saturated carbocycles. The number of nitrogens with zero attached hydrogens (tertiary/aromatic N) is 1. The van der Waals surface area contributed by atoms with Crippen molar-refractivity contribution < 1.29 is 24.3 Å². The maximum Gasteiger partial charge on any atom is 0.315 e. The van der Waals surface area contributed by atoms with Gasteiger partial charge in [0.1, 0.15) is 0 Å². The van der Waals surface area contributed by atoms with Crippen molar-refractivity contribution in [1.29, 1.82) is 0 Å². The molecule has 3 heterocycles. The van der Waals surface area contributed by atoms with Crippen LogP contribution in [-0.2, 0) is 27.2 Å². The summed E-state index contributed by atoms with van der Waals surface area (Å²) in [7, 11) is 0. The summed E-state index contributed by atoms with van der Waals surface area (Å²) >= 11 is 1.85. The smallest absolute Gasteiger partial charge is 0.315 e. The molecule has 4 aliphatic rings. The molecule has 6 rings (SSSR count). The number of benzene rings is 2. The fourth-order valence-electron chi connectivity index (χ4n) is 7.53. The van der Waals surface area contributed by atoms with E-state index in [4.69, 9.17) is 0 Å². The van der Waals surface area contributed by atoms with E-state index in [1.807, 2.05) is 36.0 Å². The largest absolute Gasteiger partial charge is 0.391 e. The molecule has 1 aliphatic carbocycles. The first-order chi connectivity index (χ1) is 22.8. The third-order valence-corrected chi connectivity index (χ3v) is 11.6. The van der Waals surface area contributed by atoms with Gasteiger partial charge < -0.3 is 31.7 Å². The van der Waals surface area contributed by atoms with Gasteiger partial charge in [0.05, 0.1) is 31.3 Å². The third-order valence-electron chi connectivity index (χ3n) is 10.1. The minimum absolute atomic E-state index is 0.0122. The van der Waals surface area contributed by atoms with Gasteiger partial charge in [0, 0.05) is 35.6 Å². The number of anilines is 1. The summed E-state index contributed by atoms with van der Waals surface area (Å²) in [5.74, 6) is 0.479. The zero-order valence-electron chi connectivity index (χ0n) is 26.7. The number of aliphatic hydroxyl groups excluding tert-OH is 1. The zero-order chi connectivity index (χ0) is 32.8. The minimum Gasteiger partial charge on any atom is -0.391 e. The summed E-state index contributed by atoms with van der Waals surface area (Å²) in [6.45, 7) is 1.46. The molecule has 12 heteroatoms. The highest BCUT2D eigenvalue weighted by Crippen LogP contribution is 2.35. The van der Waals surface area contributed by atoms with Crippen LogP contribution in [0.2, 0.25) is 0 Å². The number of unbranched alkanes of at least 4 members (excludes halogenated alkanes) is 1. The number of hydrogen-bond donors (Lipinski definition) is 6. The van der Waals surface area contributed by atoms with Crippen LogP contribution in [0.25, 0.3) is 0 Å². The first-order valence-electron chi connectivity index (χ1n) is 16.9. The van der Waals surface area contributed by atoms with Gasteiger partial charge in [-0.15, -0.1) is 0 Å². The van der Waals surface area contributed by atoms with E-state index < -0.39 is 12.0 Å². The van der Waals surface area contributed by atoms with Crippen LogP contribution < -0.4 is 26.6 Å². The SMILES string of the molecule is O=C(CCCCC1SCC2NC(=O)NC21)NCC(=O)NCC(=O)Nc1cccc2c1CC(N1CCC(c3ccccc3)CC1)C(O)C2. The van der Waals surface area contributed by atoms with Crippen molar-refractivity contribution in [3.8, 4) is 0 Å². The molecule has 11 nitrogen and oxygen atoms in total. The lowest BCUT2D eigenvalue weighted by atomic mass is 9.82. The fraction of sp³-hybridized carbons (Fsp3) is 0.543. The zero-order valence-corrected chi connectivity index (χ0v) is 27.5. The van der Waals surface area contributed by atoms with E-state index in [2.05, 4.69) is 55.7 Å². The van der Waals surface area contributed by atoms with E-state index in [0.29, 0.717) is 42.5 Å². The number of thioether (sulfide) groups is 1. The van der Waals surface area contributed by atoms with Crippen LogP contribution in [-0.4, -0.2) is 95.2 Å². The molecule has 0 bridgehead atoms. The Bertz CT molecular complexity index is 1430. The predicted octanol–water partition coefficient (Wildman–Crippen LogP) is 2.29. The quantitative estimate of drug-likeness (QED) is 0.151. The van der Waals surface area contributed by atoms with E-state index >= 15 is 0 Å². The standard InChI is InChI=1S/C35H46N6O5S/c42-29-17-24-9-6-10-26(25(24)18-28(29)41-15-13-23(14-16-41)22-7-2-1-3-8-22)38-33(45)20-37-32(44)19-36-31(43)12-5-4-11-30-34-27(21-47-30)39-35(46)40-34/h1-3,6-10,23,27-30,34,42H,4-5,11-21H2,(H,36,43)(H,37,44)(H,38,45)(H2,39,40,46). The van der Waals surface area contributed by atoms with Gasteiger partial charge >= 0.3 is 6.03 Å². The van der Waals surface area contributed by atoms with Gasteiger partial charge in [-0.05, 0) is 73.9 Å². The number of urea groups is 1. The van der Waals surface area contributed by atoms with Gasteiger partial charge in [-0.1, -0.05) is 48.9 Å². The number of rotatable bonds is 12. The van der Waals surface area contributed by atoms with Gasteiger partial charge in [-0.2, -0.15) is 11.8 Å². The average Bonchev–Trinajstić information content (AvgIpc) is 3.64. The molecule has 252 valence electrons. The minimum atomic E-state index is -0.469. The van der Waals surface area contributed by atoms with Gasteiger partial charge in [0.15, 0.2) is 0 Å². The summed E-state index contributed by atoms with van der Waals surface area (Å²) in [6.07, 6.45) is 5.65. The molecule has 6 N–H and O–H groups in total. The molecule has 0 spiro atoms. The van der Waals surface area contributed by atoms with Gasteiger partial charge in [0.2, 0.25) is 17.7 Å². The molecular weight excluding hydrogens is 616 g/mol. The van der Waals surface area contributed by atoms with Crippen LogP contribution in [0.3, 0.4) is 0 Å². The van der Waals surface area contributed by atoms with Crippen LogP contribution in [0.5, 0.6) is 0 Å². The predicted molar refractivity (Wildman–Crippen MR) is 182 cm³/mol. The number of likely N-dealkylation sites (tertiary alicyclic amines) is 1. The molecule has 5 unspecified atom stereocenters. The monoisotopic (exact) mass is 662 g/mol. The Kier molecular flexibility index (Phi) is 11.0. The number of aliphatic hydroxyl groups is 1. The Hall–Kier alpha value is -3.61. The van der Waals surface area contributed by atoms with E-state index in [9.17, 15) is 24.3 Å². The first kappa shape index (κ1) is 33.3. The average molecular weight is 663 g/mol. The molecule has 5 atom stereocenters. The van der Waals surface area contributed by atoms with Crippen molar-refractivity contribution in [2.45, 2.75) is 86.8 Å². The van der Waals surface area contributed by atoms with E-state index in [1.165, 1.54) is 5.56 Å². The van der Waals surface area contributed by atoms with Crippen molar-refractivity contribution >= 4 is 41.2 Å². The van der Waals surface area contributed by atoms with Crippen molar-refractivity contribution in [1.82, 2.24) is 26.2 Å². The number of amides is 5. The molecule has 0 radical (unpaired) electrons. The summed E-state index contributed by atoms with van der Waals surface area (Å²) in [5, 5.41) is 25.5. The highest BCUT2D eigenvalue weighted by atomic mass is 32.2. The molecule has 47 heavy (non-hydrogen) atoms. The number of carbonyl (C=O) groups is 4. The van der Waals surface area contributed by atoms with Crippen molar-refractivity contribution in [2.75, 3.05) is 37.2 Å².